The van der Waals surface area contributed by atoms with Gasteiger partial charge < -0.3 is 24.6 Å². The van der Waals surface area contributed by atoms with Crippen LogP contribution in [0.4, 0.5) is 11.4 Å². The fourth-order valence-electron chi connectivity index (χ4n) is 4.16. The van der Waals surface area contributed by atoms with E-state index in [1.165, 1.54) is 19.1 Å². The van der Waals surface area contributed by atoms with Crippen LogP contribution in [0.1, 0.15) is 11.1 Å². The van der Waals surface area contributed by atoms with Crippen LogP contribution in [0, 0.1) is 0 Å². The Kier molecular flexibility index (Phi) is 8.94. The number of carbonyl (C=O) groups excluding carboxylic acids is 3. The number of hydrogen-bond donors (Lipinski definition) is 1. The number of methoxy groups -OCH3 is 1. The van der Waals surface area contributed by atoms with Gasteiger partial charge in [-0.05, 0) is 48.9 Å². The van der Waals surface area contributed by atoms with Gasteiger partial charge in [0.25, 0.3) is 5.91 Å². The van der Waals surface area contributed by atoms with E-state index in [-0.39, 0.29) is 19.1 Å². The third kappa shape index (κ3) is 6.47. The number of hydrogen-bond acceptors (Lipinski definition) is 5. The largest absolute Gasteiger partial charge is 0.457 e. The quantitative estimate of drug-likeness (QED) is 0.343. The second-order valence-electron chi connectivity index (χ2n) is 8.61. The zero-order valence-corrected chi connectivity index (χ0v) is 23.7. The molecule has 0 radical (unpaired) electrons. The summed E-state index contributed by atoms with van der Waals surface area (Å²) in [6.07, 6.45) is 0.554. The number of benzene rings is 3. The minimum atomic E-state index is -0.788. The predicted octanol–water partition coefficient (Wildman–Crippen LogP) is 5.68. The van der Waals surface area contributed by atoms with Crippen LogP contribution in [0.3, 0.4) is 0 Å². The van der Waals surface area contributed by atoms with Gasteiger partial charge in [0.2, 0.25) is 0 Å². The molecule has 0 spiro atoms. The van der Waals surface area contributed by atoms with Crippen LogP contribution in [0.25, 0.3) is 0 Å². The summed E-state index contributed by atoms with van der Waals surface area (Å²) in [6, 6.07) is 15.5. The molecule has 3 aromatic rings. The first-order valence-corrected chi connectivity index (χ1v) is 13.1. The lowest BCUT2D eigenvalue weighted by Crippen LogP contribution is -2.36. The van der Waals surface area contributed by atoms with E-state index in [9.17, 15) is 14.4 Å². The van der Waals surface area contributed by atoms with Crippen molar-refractivity contribution in [1.82, 2.24) is 4.90 Å². The standard InChI is InChI=1S/C27H24BrCl2N3O5/c1-32(14-16-6-7-17(28)10-24(16)38-20-12-18(29)11-19(30)13-20)27(36)26(35)31-22-4-3-5-23-21(22)8-9-33(23)25(34)15-37-2/h3-7,10-13H,8-9,14-15H2,1-2H3,(H,31,35). The van der Waals surface area contributed by atoms with E-state index < -0.39 is 11.8 Å². The van der Waals surface area contributed by atoms with Gasteiger partial charge >= 0.3 is 11.8 Å². The third-order valence-corrected chi connectivity index (χ3v) is 6.82. The summed E-state index contributed by atoms with van der Waals surface area (Å²) in [5.74, 6) is -0.779. The number of rotatable bonds is 7. The van der Waals surface area contributed by atoms with Crippen LogP contribution in [0.5, 0.6) is 11.5 Å². The van der Waals surface area contributed by atoms with Crippen LogP contribution >= 0.6 is 39.1 Å². The zero-order valence-electron chi connectivity index (χ0n) is 20.6. The van der Waals surface area contributed by atoms with E-state index in [0.29, 0.717) is 51.4 Å². The molecule has 38 heavy (non-hydrogen) atoms. The SMILES string of the molecule is COCC(=O)N1CCc2c(NC(=O)C(=O)N(C)Cc3ccc(Br)cc3Oc3cc(Cl)cc(Cl)c3)cccc21. The second kappa shape index (κ2) is 12.2. The first kappa shape index (κ1) is 27.9. The lowest BCUT2D eigenvalue weighted by molar-refractivity contribution is -0.142. The van der Waals surface area contributed by atoms with Gasteiger partial charge in [-0.25, -0.2) is 0 Å². The molecule has 8 nitrogen and oxygen atoms in total. The molecule has 0 fully saturated rings. The van der Waals surface area contributed by atoms with Gasteiger partial charge in [0.05, 0.1) is 0 Å². The van der Waals surface area contributed by atoms with Crippen molar-refractivity contribution in [2.75, 3.05) is 37.5 Å². The fraction of sp³-hybridized carbons (Fsp3) is 0.222. The summed E-state index contributed by atoms with van der Waals surface area (Å²) >= 11 is 15.6. The number of halogens is 3. The van der Waals surface area contributed by atoms with Gasteiger partial charge in [-0.3, -0.25) is 14.4 Å². The maximum Gasteiger partial charge on any atom is 0.313 e. The number of nitrogens with zero attached hydrogens (tertiary/aromatic N) is 2. The third-order valence-electron chi connectivity index (χ3n) is 5.89. The Balaban J connectivity index is 1.47. The summed E-state index contributed by atoms with van der Waals surface area (Å²) < 4.78 is 11.7. The molecule has 3 amide bonds. The van der Waals surface area contributed by atoms with Crippen molar-refractivity contribution in [1.29, 1.82) is 0 Å². The molecule has 1 aliphatic heterocycles. The van der Waals surface area contributed by atoms with Crippen LogP contribution in [-0.4, -0.2) is 49.9 Å². The summed E-state index contributed by atoms with van der Waals surface area (Å²) in [7, 11) is 2.99. The molecule has 0 saturated carbocycles. The Morgan fingerprint density at radius 1 is 1.08 bits per heavy atom. The first-order valence-electron chi connectivity index (χ1n) is 11.6. The average Bonchev–Trinajstić information content (AvgIpc) is 3.30. The number of nitrogens with one attached hydrogen (secondary N) is 1. The van der Waals surface area contributed by atoms with Crippen LogP contribution < -0.4 is 15.0 Å². The summed E-state index contributed by atoms with van der Waals surface area (Å²) in [6.45, 7) is 0.545. The summed E-state index contributed by atoms with van der Waals surface area (Å²) in [5.41, 5.74) is 2.65. The minimum Gasteiger partial charge on any atom is -0.457 e. The Labute approximate surface area is 238 Å². The lowest BCUT2D eigenvalue weighted by atomic mass is 10.1. The smallest absolute Gasteiger partial charge is 0.313 e. The molecular weight excluding hydrogens is 597 g/mol. The molecular formula is C27H24BrCl2N3O5. The van der Waals surface area contributed by atoms with Crippen molar-refractivity contribution in [3.8, 4) is 11.5 Å². The first-order chi connectivity index (χ1) is 18.2. The minimum absolute atomic E-state index is 0.0363. The molecule has 0 aliphatic carbocycles. The van der Waals surface area contributed by atoms with Crippen LogP contribution in [0.2, 0.25) is 10.0 Å². The molecule has 11 heteroatoms. The summed E-state index contributed by atoms with van der Waals surface area (Å²) in [5, 5.41) is 3.55. The zero-order chi connectivity index (χ0) is 27.4. The van der Waals surface area contributed by atoms with Gasteiger partial charge in [-0.2, -0.15) is 0 Å². The van der Waals surface area contributed by atoms with Crippen molar-refractivity contribution in [3.05, 3.63) is 80.2 Å². The van der Waals surface area contributed by atoms with Gasteiger partial charge in [0, 0.05) is 64.3 Å². The lowest BCUT2D eigenvalue weighted by Gasteiger charge is -2.20. The highest BCUT2D eigenvalue weighted by molar-refractivity contribution is 9.10. The van der Waals surface area contributed by atoms with E-state index in [2.05, 4.69) is 21.2 Å². The molecule has 0 aromatic heterocycles. The number of amides is 3. The van der Waals surface area contributed by atoms with Crippen molar-refractivity contribution in [2.24, 2.45) is 0 Å². The highest BCUT2D eigenvalue weighted by atomic mass is 79.9. The Bertz CT molecular complexity index is 1380. The van der Waals surface area contributed by atoms with E-state index in [4.69, 9.17) is 32.7 Å². The van der Waals surface area contributed by atoms with Crippen molar-refractivity contribution < 1.29 is 23.9 Å². The average molecular weight is 621 g/mol. The Morgan fingerprint density at radius 2 is 1.82 bits per heavy atom. The van der Waals surface area contributed by atoms with Gasteiger partial charge in [-0.15, -0.1) is 0 Å². The predicted molar refractivity (Wildman–Crippen MR) is 150 cm³/mol. The van der Waals surface area contributed by atoms with E-state index in [1.54, 1.807) is 47.4 Å². The Hall–Kier alpha value is -3.11. The van der Waals surface area contributed by atoms with Crippen molar-refractivity contribution in [2.45, 2.75) is 13.0 Å². The number of ether oxygens (including phenoxy) is 2. The van der Waals surface area contributed by atoms with E-state index >= 15 is 0 Å². The molecule has 1 heterocycles. The van der Waals surface area contributed by atoms with Crippen LogP contribution in [0.15, 0.2) is 59.1 Å². The summed E-state index contributed by atoms with van der Waals surface area (Å²) in [4.78, 5) is 41.1. The van der Waals surface area contributed by atoms with E-state index in [1.807, 2.05) is 12.1 Å². The van der Waals surface area contributed by atoms with Crippen LogP contribution in [-0.2, 0) is 32.1 Å². The molecule has 0 unspecified atom stereocenters. The van der Waals surface area contributed by atoms with Gasteiger partial charge in [-0.1, -0.05) is 51.3 Å². The highest BCUT2D eigenvalue weighted by Gasteiger charge is 2.28. The number of fused-ring (bicyclic) bond motifs is 1. The number of carbonyl (C=O) groups is 3. The maximum absolute atomic E-state index is 13.0. The molecule has 1 N–H and O–H groups in total. The normalized spacial score (nSPS) is 12.2. The van der Waals surface area contributed by atoms with Gasteiger partial charge in [0.15, 0.2) is 0 Å². The molecule has 0 saturated heterocycles. The van der Waals surface area contributed by atoms with E-state index in [0.717, 1.165) is 10.0 Å². The van der Waals surface area contributed by atoms with Gasteiger partial charge in [0.1, 0.15) is 18.1 Å². The maximum atomic E-state index is 13.0. The molecule has 198 valence electrons. The molecule has 3 aromatic carbocycles. The van der Waals surface area contributed by atoms with Crippen molar-refractivity contribution in [3.63, 3.8) is 0 Å². The monoisotopic (exact) mass is 619 g/mol. The molecule has 0 atom stereocenters. The number of anilines is 2. The number of likely N-dealkylation sites (N-methyl/N-ethyl adjacent to an activating group) is 1. The second-order valence-corrected chi connectivity index (χ2v) is 10.4. The van der Waals surface area contributed by atoms with Crippen molar-refractivity contribution >= 4 is 68.2 Å². The topological polar surface area (TPSA) is 88.2 Å². The fourth-order valence-corrected chi connectivity index (χ4v) is 5.00. The molecule has 0 bridgehead atoms. The highest BCUT2D eigenvalue weighted by Crippen LogP contribution is 2.35. The molecule has 1 aliphatic rings. The Morgan fingerprint density at radius 3 is 2.53 bits per heavy atom. The molecule has 4 rings (SSSR count).